The zero-order chi connectivity index (χ0) is 14.6. The summed E-state index contributed by atoms with van der Waals surface area (Å²) in [5, 5.41) is 0. The summed E-state index contributed by atoms with van der Waals surface area (Å²) in [5.41, 5.74) is 5.38. The maximum atomic E-state index is 12.6. The van der Waals surface area contributed by atoms with Gasteiger partial charge in [0.25, 0.3) is 0 Å². The summed E-state index contributed by atoms with van der Waals surface area (Å²) in [4.78, 5) is 0. The molecule has 1 saturated carbocycles. The topological polar surface area (TPSA) is 35.2 Å². The van der Waals surface area contributed by atoms with Crippen molar-refractivity contribution in [3.63, 3.8) is 0 Å². The van der Waals surface area contributed by atoms with E-state index in [4.69, 9.17) is 10.5 Å². The second-order valence-electron chi connectivity index (χ2n) is 5.40. The van der Waals surface area contributed by atoms with Gasteiger partial charge >= 0.3 is 6.18 Å². The van der Waals surface area contributed by atoms with Crippen LogP contribution in [-0.2, 0) is 6.18 Å². The normalized spacial score (nSPS) is 18.8. The van der Waals surface area contributed by atoms with E-state index >= 15 is 0 Å². The zero-order valence-corrected chi connectivity index (χ0v) is 11.3. The molecule has 0 aromatic heterocycles. The fourth-order valence-electron chi connectivity index (χ4n) is 2.65. The van der Waals surface area contributed by atoms with Gasteiger partial charge in [0.2, 0.25) is 0 Å². The van der Waals surface area contributed by atoms with Crippen LogP contribution in [0.5, 0.6) is 5.75 Å². The third kappa shape index (κ3) is 4.13. The molecule has 0 amide bonds. The monoisotopic (exact) mass is 287 g/mol. The number of hydrogen-bond acceptors (Lipinski definition) is 2. The number of halogens is 3. The summed E-state index contributed by atoms with van der Waals surface area (Å²) in [6.45, 7) is 0.270. The summed E-state index contributed by atoms with van der Waals surface area (Å²) < 4.78 is 43.2. The number of rotatable bonds is 4. The number of alkyl halides is 3. The molecule has 0 aliphatic heterocycles. The van der Waals surface area contributed by atoms with Crippen LogP contribution in [0.25, 0.3) is 0 Å². The van der Waals surface area contributed by atoms with Gasteiger partial charge in [0.15, 0.2) is 0 Å². The maximum Gasteiger partial charge on any atom is 0.416 e. The second-order valence-corrected chi connectivity index (χ2v) is 5.40. The van der Waals surface area contributed by atoms with Gasteiger partial charge in [-0.3, -0.25) is 0 Å². The van der Waals surface area contributed by atoms with Crippen molar-refractivity contribution in [2.75, 3.05) is 6.61 Å². The van der Waals surface area contributed by atoms with E-state index in [1.807, 2.05) is 0 Å². The first-order valence-electron chi connectivity index (χ1n) is 7.02. The average molecular weight is 287 g/mol. The lowest BCUT2D eigenvalue weighted by atomic mass is 9.84. The Hall–Kier alpha value is -1.23. The molecule has 1 aromatic rings. The molecule has 1 atom stereocenters. The molecule has 1 aromatic carbocycles. The standard InChI is InChI=1S/C15H20F3NO/c16-15(17,18)12-7-4-8-13(9-12)20-10-14(19)11-5-2-1-3-6-11/h4,7-9,11,14H,1-3,5-6,10,19H2. The lowest BCUT2D eigenvalue weighted by Crippen LogP contribution is -2.37. The molecule has 1 unspecified atom stereocenters. The van der Waals surface area contributed by atoms with E-state index in [1.54, 1.807) is 0 Å². The molecular weight excluding hydrogens is 267 g/mol. The Balaban J connectivity index is 1.90. The molecule has 0 heterocycles. The summed E-state index contributed by atoms with van der Waals surface area (Å²) in [7, 11) is 0. The highest BCUT2D eigenvalue weighted by Crippen LogP contribution is 2.31. The molecule has 1 aliphatic rings. The number of ether oxygens (including phenoxy) is 1. The predicted octanol–water partition coefficient (Wildman–Crippen LogP) is 3.99. The smallest absolute Gasteiger partial charge is 0.416 e. The minimum absolute atomic E-state index is 0.107. The summed E-state index contributed by atoms with van der Waals surface area (Å²) >= 11 is 0. The van der Waals surface area contributed by atoms with E-state index < -0.39 is 11.7 Å². The van der Waals surface area contributed by atoms with Crippen LogP contribution >= 0.6 is 0 Å². The Morgan fingerprint density at radius 3 is 2.55 bits per heavy atom. The molecule has 2 N–H and O–H groups in total. The Bertz CT molecular complexity index is 427. The van der Waals surface area contributed by atoms with Crippen molar-refractivity contribution in [1.29, 1.82) is 0 Å². The Kier molecular flexibility index (Phi) is 4.91. The first-order chi connectivity index (χ1) is 9.47. The van der Waals surface area contributed by atoms with Crippen molar-refractivity contribution < 1.29 is 17.9 Å². The van der Waals surface area contributed by atoms with Crippen LogP contribution in [0.4, 0.5) is 13.2 Å². The Labute approximate surface area is 117 Å². The molecule has 0 spiro atoms. The lowest BCUT2D eigenvalue weighted by molar-refractivity contribution is -0.137. The lowest BCUT2D eigenvalue weighted by Gasteiger charge is -2.27. The fourth-order valence-corrected chi connectivity index (χ4v) is 2.65. The van der Waals surface area contributed by atoms with Gasteiger partial charge in [-0.1, -0.05) is 25.3 Å². The van der Waals surface area contributed by atoms with E-state index in [2.05, 4.69) is 0 Å². The fraction of sp³-hybridized carbons (Fsp3) is 0.600. The summed E-state index contributed by atoms with van der Waals surface area (Å²) in [6.07, 6.45) is 1.45. The molecule has 112 valence electrons. The molecular formula is C15H20F3NO. The van der Waals surface area contributed by atoms with Crippen LogP contribution in [0.1, 0.15) is 37.7 Å². The van der Waals surface area contributed by atoms with Gasteiger partial charge in [-0.25, -0.2) is 0 Å². The SMILES string of the molecule is NC(COc1cccc(C(F)(F)F)c1)C1CCCCC1. The Morgan fingerprint density at radius 2 is 1.90 bits per heavy atom. The zero-order valence-electron chi connectivity index (χ0n) is 11.3. The average Bonchev–Trinajstić information content (AvgIpc) is 2.45. The predicted molar refractivity (Wildman–Crippen MR) is 71.5 cm³/mol. The van der Waals surface area contributed by atoms with E-state index in [-0.39, 0.29) is 18.4 Å². The minimum atomic E-state index is -4.34. The minimum Gasteiger partial charge on any atom is -0.492 e. The molecule has 2 rings (SSSR count). The van der Waals surface area contributed by atoms with E-state index in [9.17, 15) is 13.2 Å². The van der Waals surface area contributed by atoms with Crippen molar-refractivity contribution in [3.8, 4) is 5.75 Å². The van der Waals surface area contributed by atoms with Gasteiger partial charge < -0.3 is 10.5 Å². The van der Waals surface area contributed by atoms with Gasteiger partial charge in [-0.15, -0.1) is 0 Å². The van der Waals surface area contributed by atoms with Crippen LogP contribution in [0.2, 0.25) is 0 Å². The van der Waals surface area contributed by atoms with Gasteiger partial charge in [-0.2, -0.15) is 13.2 Å². The highest BCUT2D eigenvalue weighted by molar-refractivity contribution is 5.30. The van der Waals surface area contributed by atoms with Crippen LogP contribution in [0.15, 0.2) is 24.3 Å². The molecule has 1 fully saturated rings. The molecule has 2 nitrogen and oxygen atoms in total. The van der Waals surface area contributed by atoms with Gasteiger partial charge in [-0.05, 0) is 37.0 Å². The third-order valence-electron chi connectivity index (χ3n) is 3.86. The summed E-state index contributed by atoms with van der Waals surface area (Å²) in [6, 6.07) is 4.83. The molecule has 0 bridgehead atoms. The molecule has 5 heteroatoms. The third-order valence-corrected chi connectivity index (χ3v) is 3.86. The highest BCUT2D eigenvalue weighted by Gasteiger charge is 2.30. The van der Waals surface area contributed by atoms with Crippen LogP contribution in [-0.4, -0.2) is 12.6 Å². The van der Waals surface area contributed by atoms with Crippen molar-refractivity contribution in [1.82, 2.24) is 0 Å². The summed E-state index contributed by atoms with van der Waals surface area (Å²) in [5.74, 6) is 0.653. The highest BCUT2D eigenvalue weighted by atomic mass is 19.4. The molecule has 0 saturated heterocycles. The van der Waals surface area contributed by atoms with E-state index in [0.717, 1.165) is 25.0 Å². The maximum absolute atomic E-state index is 12.6. The number of nitrogens with two attached hydrogens (primary N) is 1. The van der Waals surface area contributed by atoms with Gasteiger partial charge in [0.1, 0.15) is 12.4 Å². The van der Waals surface area contributed by atoms with Crippen LogP contribution < -0.4 is 10.5 Å². The number of hydrogen-bond donors (Lipinski definition) is 1. The van der Waals surface area contributed by atoms with Crippen LogP contribution in [0, 0.1) is 5.92 Å². The van der Waals surface area contributed by atoms with Crippen molar-refractivity contribution >= 4 is 0 Å². The van der Waals surface area contributed by atoms with E-state index in [1.165, 1.54) is 31.4 Å². The van der Waals surface area contributed by atoms with Crippen molar-refractivity contribution in [3.05, 3.63) is 29.8 Å². The quantitative estimate of drug-likeness (QED) is 0.908. The molecule has 1 aliphatic carbocycles. The first-order valence-corrected chi connectivity index (χ1v) is 7.02. The van der Waals surface area contributed by atoms with Crippen molar-refractivity contribution in [2.24, 2.45) is 11.7 Å². The largest absolute Gasteiger partial charge is 0.492 e. The first kappa shape index (κ1) is 15.2. The van der Waals surface area contributed by atoms with E-state index in [0.29, 0.717) is 5.92 Å². The second kappa shape index (κ2) is 6.48. The number of benzene rings is 1. The van der Waals surface area contributed by atoms with Crippen LogP contribution in [0.3, 0.4) is 0 Å². The molecule has 0 radical (unpaired) electrons. The van der Waals surface area contributed by atoms with Gasteiger partial charge in [0.05, 0.1) is 5.56 Å². The van der Waals surface area contributed by atoms with Gasteiger partial charge in [0, 0.05) is 6.04 Å². The Morgan fingerprint density at radius 1 is 1.20 bits per heavy atom. The molecule has 20 heavy (non-hydrogen) atoms. The van der Waals surface area contributed by atoms with Crippen molar-refractivity contribution in [2.45, 2.75) is 44.3 Å².